The van der Waals surface area contributed by atoms with Gasteiger partial charge in [0.25, 0.3) is 0 Å². The molecule has 1 aliphatic rings. The minimum atomic E-state index is -4.75. The Morgan fingerprint density at radius 2 is 1.71 bits per heavy atom. The summed E-state index contributed by atoms with van der Waals surface area (Å²) in [6.07, 6.45) is -4.74. The minimum absolute atomic E-state index is 0.0460. The Balaban J connectivity index is 1.79. The van der Waals surface area contributed by atoms with Crippen molar-refractivity contribution in [3.05, 3.63) is 64.7 Å². The van der Waals surface area contributed by atoms with Gasteiger partial charge in [0.2, 0.25) is 17.5 Å². The summed E-state index contributed by atoms with van der Waals surface area (Å²) >= 11 is 0. The molecular formula is C26H25F7N2O6. The summed E-state index contributed by atoms with van der Waals surface area (Å²) < 4.78 is 106. The number of ketones is 1. The van der Waals surface area contributed by atoms with Gasteiger partial charge in [-0.2, -0.15) is 22.0 Å². The Bertz CT molecular complexity index is 1270. The summed E-state index contributed by atoms with van der Waals surface area (Å²) in [5.74, 6) is -12.9. The highest BCUT2D eigenvalue weighted by Gasteiger charge is 2.44. The molecule has 0 bridgehead atoms. The van der Waals surface area contributed by atoms with Crippen LogP contribution in [0.15, 0.2) is 30.3 Å². The number of hydrogen-bond acceptors (Lipinski definition) is 6. The number of carbonyl (C=O) groups is 3. The van der Waals surface area contributed by atoms with Crippen molar-refractivity contribution >= 4 is 17.7 Å². The number of carbonyl (C=O) groups excluding carboxylic acids is 2. The van der Waals surface area contributed by atoms with Gasteiger partial charge in [0.05, 0.1) is 18.0 Å². The standard InChI is InChI=1S/C26H25F7N2O6/c1-13(35-25(8-4-5-9-41-25)14-6-2-3-7-15(14)26(31,32)33)24(39)34-18(11-20(37)38)19(36)12-40-23-21(29)16(27)10-17(28)22(23)30/h2-3,6-7,10,13,18,35H,4-5,8-9,11-12H2,1H3,(H,34,39)(H,37,38)/t13-,18-,25?/m0/s1. The number of aliphatic carboxylic acids is 1. The Morgan fingerprint density at radius 3 is 2.27 bits per heavy atom. The summed E-state index contributed by atoms with van der Waals surface area (Å²) in [5.41, 5.74) is -3.02. The van der Waals surface area contributed by atoms with Gasteiger partial charge in [-0.3, -0.25) is 19.7 Å². The molecule has 2 aromatic carbocycles. The van der Waals surface area contributed by atoms with Crippen LogP contribution in [0.4, 0.5) is 30.7 Å². The maximum Gasteiger partial charge on any atom is 0.416 e. The quantitative estimate of drug-likeness (QED) is 0.264. The van der Waals surface area contributed by atoms with Crippen molar-refractivity contribution in [2.75, 3.05) is 13.2 Å². The monoisotopic (exact) mass is 594 g/mol. The molecule has 1 unspecified atom stereocenters. The molecule has 0 aromatic heterocycles. The maximum atomic E-state index is 13.8. The molecule has 0 radical (unpaired) electrons. The Kier molecular flexibility index (Phi) is 9.97. The normalized spacial score (nSPS) is 18.8. The zero-order chi connectivity index (χ0) is 30.5. The van der Waals surface area contributed by atoms with E-state index < -0.39 is 89.3 Å². The lowest BCUT2D eigenvalue weighted by molar-refractivity contribution is -0.152. The fourth-order valence-electron chi connectivity index (χ4n) is 4.33. The molecule has 0 aliphatic carbocycles. The second kappa shape index (κ2) is 12.9. The zero-order valence-electron chi connectivity index (χ0n) is 21.4. The van der Waals surface area contributed by atoms with Crippen LogP contribution in [0.1, 0.15) is 43.7 Å². The van der Waals surface area contributed by atoms with Gasteiger partial charge >= 0.3 is 12.1 Å². The molecular weight excluding hydrogens is 569 g/mol. The largest absolute Gasteiger partial charge is 0.481 e. The zero-order valence-corrected chi connectivity index (χ0v) is 21.4. The first-order chi connectivity index (χ1) is 19.2. The predicted molar refractivity (Wildman–Crippen MR) is 126 cm³/mol. The van der Waals surface area contributed by atoms with E-state index in [1.165, 1.54) is 25.1 Å². The number of rotatable bonds is 11. The topological polar surface area (TPSA) is 114 Å². The SMILES string of the molecule is C[C@H](NC1(c2ccccc2C(F)(F)F)CCCCO1)C(=O)N[C@@H](CC(=O)O)C(=O)COc1c(F)c(F)cc(F)c1F. The van der Waals surface area contributed by atoms with E-state index in [2.05, 4.69) is 15.4 Å². The fourth-order valence-corrected chi connectivity index (χ4v) is 4.33. The third-order valence-electron chi connectivity index (χ3n) is 6.30. The van der Waals surface area contributed by atoms with E-state index in [1.807, 2.05) is 0 Å². The van der Waals surface area contributed by atoms with Gasteiger partial charge < -0.3 is 19.9 Å². The molecule has 0 saturated carbocycles. The molecule has 1 aliphatic heterocycles. The minimum Gasteiger partial charge on any atom is -0.481 e. The van der Waals surface area contributed by atoms with E-state index in [4.69, 9.17) is 4.74 Å². The van der Waals surface area contributed by atoms with E-state index in [9.17, 15) is 50.2 Å². The molecule has 224 valence electrons. The summed E-state index contributed by atoms with van der Waals surface area (Å²) in [5, 5.41) is 14.0. The highest BCUT2D eigenvalue weighted by Crippen LogP contribution is 2.41. The van der Waals surface area contributed by atoms with Crippen molar-refractivity contribution in [2.24, 2.45) is 0 Å². The Hall–Kier alpha value is -3.72. The van der Waals surface area contributed by atoms with Gasteiger partial charge in [0, 0.05) is 18.2 Å². The summed E-state index contributed by atoms with van der Waals surface area (Å²) in [6.45, 7) is 0.0197. The Morgan fingerprint density at radius 1 is 1.07 bits per heavy atom. The number of amides is 1. The fraction of sp³-hybridized carbons (Fsp3) is 0.423. The van der Waals surface area contributed by atoms with Crippen LogP contribution in [0.5, 0.6) is 5.75 Å². The number of carboxylic acid groups (broad SMARTS) is 1. The molecule has 41 heavy (non-hydrogen) atoms. The number of ether oxygens (including phenoxy) is 2. The molecule has 1 fully saturated rings. The van der Waals surface area contributed by atoms with Crippen molar-refractivity contribution in [3.63, 3.8) is 0 Å². The summed E-state index contributed by atoms with van der Waals surface area (Å²) in [6, 6.07) is 1.34. The smallest absolute Gasteiger partial charge is 0.416 e. The molecule has 3 atom stereocenters. The van der Waals surface area contributed by atoms with Crippen molar-refractivity contribution in [2.45, 2.75) is 56.6 Å². The number of carboxylic acids is 1. The third-order valence-corrected chi connectivity index (χ3v) is 6.30. The van der Waals surface area contributed by atoms with Crippen LogP contribution < -0.4 is 15.4 Å². The first-order valence-corrected chi connectivity index (χ1v) is 12.3. The van der Waals surface area contributed by atoms with Crippen molar-refractivity contribution in [1.29, 1.82) is 0 Å². The molecule has 1 heterocycles. The highest BCUT2D eigenvalue weighted by molar-refractivity contribution is 5.94. The van der Waals surface area contributed by atoms with Gasteiger partial charge in [0.1, 0.15) is 18.4 Å². The predicted octanol–water partition coefficient (Wildman–Crippen LogP) is 4.20. The summed E-state index contributed by atoms with van der Waals surface area (Å²) in [4.78, 5) is 36.9. The van der Waals surface area contributed by atoms with Crippen molar-refractivity contribution in [3.8, 4) is 5.75 Å². The van der Waals surface area contributed by atoms with Crippen LogP contribution >= 0.6 is 0 Å². The number of benzene rings is 2. The van der Waals surface area contributed by atoms with Crippen LogP contribution in [-0.4, -0.2) is 48.1 Å². The maximum absolute atomic E-state index is 13.8. The molecule has 1 saturated heterocycles. The molecule has 2 aromatic rings. The molecule has 0 spiro atoms. The molecule has 3 rings (SSSR count). The van der Waals surface area contributed by atoms with Crippen LogP contribution in [0.2, 0.25) is 0 Å². The lowest BCUT2D eigenvalue weighted by Gasteiger charge is -2.41. The molecule has 15 heteroatoms. The molecule has 3 N–H and O–H groups in total. The van der Waals surface area contributed by atoms with E-state index in [1.54, 1.807) is 0 Å². The van der Waals surface area contributed by atoms with Crippen LogP contribution in [0.3, 0.4) is 0 Å². The summed E-state index contributed by atoms with van der Waals surface area (Å²) in [7, 11) is 0. The van der Waals surface area contributed by atoms with Crippen molar-refractivity contribution < 1.29 is 59.7 Å². The lowest BCUT2D eigenvalue weighted by atomic mass is 9.89. The van der Waals surface area contributed by atoms with Gasteiger partial charge in [-0.05, 0) is 32.3 Å². The van der Waals surface area contributed by atoms with E-state index in [0.717, 1.165) is 6.07 Å². The number of Topliss-reactive ketones (excluding diaryl/α,β-unsaturated/α-hetero) is 1. The molecule has 1 amide bonds. The average molecular weight is 594 g/mol. The van der Waals surface area contributed by atoms with Crippen LogP contribution in [0.25, 0.3) is 0 Å². The second-order valence-corrected chi connectivity index (χ2v) is 9.25. The number of halogens is 7. The number of nitrogens with one attached hydrogen (secondary N) is 2. The first kappa shape index (κ1) is 31.8. The number of hydrogen-bond donors (Lipinski definition) is 3. The number of alkyl halides is 3. The average Bonchev–Trinajstić information content (AvgIpc) is 2.91. The van der Waals surface area contributed by atoms with Crippen molar-refractivity contribution in [1.82, 2.24) is 10.6 Å². The van der Waals surface area contributed by atoms with E-state index >= 15 is 0 Å². The second-order valence-electron chi connectivity index (χ2n) is 9.25. The van der Waals surface area contributed by atoms with Crippen LogP contribution in [0, 0.1) is 23.3 Å². The first-order valence-electron chi connectivity index (χ1n) is 12.3. The van der Waals surface area contributed by atoms with Gasteiger partial charge in [-0.15, -0.1) is 0 Å². The third kappa shape index (κ3) is 7.52. The lowest BCUT2D eigenvalue weighted by Crippen LogP contribution is -2.57. The van der Waals surface area contributed by atoms with Gasteiger partial charge in [-0.1, -0.05) is 18.2 Å². The molecule has 8 nitrogen and oxygen atoms in total. The van der Waals surface area contributed by atoms with Crippen LogP contribution in [-0.2, 0) is 31.0 Å². The van der Waals surface area contributed by atoms with Gasteiger partial charge in [0.15, 0.2) is 23.2 Å². The highest BCUT2D eigenvalue weighted by atomic mass is 19.4. The Labute approximate surface area is 228 Å². The van der Waals surface area contributed by atoms with E-state index in [-0.39, 0.29) is 24.7 Å². The van der Waals surface area contributed by atoms with Gasteiger partial charge in [-0.25, -0.2) is 8.78 Å². The van der Waals surface area contributed by atoms with E-state index in [0.29, 0.717) is 12.8 Å².